The van der Waals surface area contributed by atoms with E-state index in [1.54, 1.807) is 7.11 Å². The van der Waals surface area contributed by atoms with Crippen LogP contribution in [0.25, 0.3) is 0 Å². The van der Waals surface area contributed by atoms with E-state index in [9.17, 15) is 0 Å². The van der Waals surface area contributed by atoms with Crippen LogP contribution in [0.2, 0.25) is 0 Å². The second-order valence-corrected chi connectivity index (χ2v) is 4.07. The Hall–Kier alpha value is -1.07. The van der Waals surface area contributed by atoms with Gasteiger partial charge in [0.2, 0.25) is 0 Å². The van der Waals surface area contributed by atoms with Crippen LogP contribution in [-0.4, -0.2) is 24.3 Å². The Morgan fingerprint density at radius 2 is 2.31 bits per heavy atom. The van der Waals surface area contributed by atoms with Crippen molar-refractivity contribution >= 4 is 0 Å². The molecule has 1 aromatic heterocycles. The molecule has 2 unspecified atom stereocenters. The Morgan fingerprint density at radius 3 is 3.00 bits per heavy atom. The van der Waals surface area contributed by atoms with Crippen molar-refractivity contribution in [2.24, 2.45) is 5.73 Å². The smallest absolute Gasteiger partial charge is 0.394 e. The average molecular weight is 226 g/mol. The van der Waals surface area contributed by atoms with E-state index in [0.29, 0.717) is 24.4 Å². The lowest BCUT2D eigenvalue weighted by Gasteiger charge is -2.27. The second-order valence-electron chi connectivity index (χ2n) is 4.07. The van der Waals surface area contributed by atoms with Crippen LogP contribution >= 0.6 is 0 Å². The maximum atomic E-state index is 5.66. The molecular weight excluding hydrogens is 208 g/mol. The number of nitrogens with zero attached hydrogens (tertiary/aromatic N) is 1. The summed E-state index contributed by atoms with van der Waals surface area (Å²) >= 11 is 0. The van der Waals surface area contributed by atoms with Crippen LogP contribution in [0, 0.1) is 0 Å². The van der Waals surface area contributed by atoms with E-state index in [4.69, 9.17) is 19.6 Å². The van der Waals surface area contributed by atoms with Gasteiger partial charge in [0.05, 0.1) is 11.8 Å². The zero-order valence-corrected chi connectivity index (χ0v) is 9.52. The molecule has 5 nitrogen and oxygen atoms in total. The van der Waals surface area contributed by atoms with E-state index in [0.717, 1.165) is 25.7 Å². The predicted molar refractivity (Wildman–Crippen MR) is 58.1 cm³/mol. The summed E-state index contributed by atoms with van der Waals surface area (Å²) in [4.78, 5) is 4.12. The first-order chi connectivity index (χ1) is 7.81. The lowest BCUT2D eigenvalue weighted by Crippen LogP contribution is -2.29. The summed E-state index contributed by atoms with van der Waals surface area (Å²) in [5, 5.41) is 0. The summed E-state index contributed by atoms with van der Waals surface area (Å²) < 4.78 is 16.2. The summed E-state index contributed by atoms with van der Waals surface area (Å²) in [6.07, 6.45) is 6.44. The largest absolute Gasteiger partial charge is 0.447 e. The minimum absolute atomic E-state index is 0.142. The highest BCUT2D eigenvalue weighted by molar-refractivity contribution is 4.99. The number of rotatable bonds is 4. The summed E-state index contributed by atoms with van der Waals surface area (Å²) in [7, 11) is 1.74. The van der Waals surface area contributed by atoms with Crippen molar-refractivity contribution < 1.29 is 13.9 Å². The highest BCUT2D eigenvalue weighted by atomic mass is 16.6. The lowest BCUT2D eigenvalue weighted by atomic mass is 9.95. The van der Waals surface area contributed by atoms with Gasteiger partial charge in [0, 0.05) is 20.1 Å². The maximum Gasteiger partial charge on any atom is 0.394 e. The third-order valence-electron chi connectivity index (χ3n) is 2.92. The van der Waals surface area contributed by atoms with Gasteiger partial charge in [-0.05, 0) is 19.3 Å². The summed E-state index contributed by atoms with van der Waals surface area (Å²) in [6, 6.07) is 0. The quantitative estimate of drug-likeness (QED) is 0.841. The zero-order valence-electron chi connectivity index (χ0n) is 9.52. The van der Waals surface area contributed by atoms with E-state index in [1.807, 2.05) is 0 Å². The van der Waals surface area contributed by atoms with Gasteiger partial charge in [0.25, 0.3) is 0 Å². The van der Waals surface area contributed by atoms with Crippen LogP contribution in [0.1, 0.15) is 31.4 Å². The molecule has 1 heterocycles. The summed E-state index contributed by atoms with van der Waals surface area (Å²) in [5.74, 6) is 0. The van der Waals surface area contributed by atoms with Gasteiger partial charge in [-0.2, -0.15) is 4.98 Å². The molecule has 0 aliphatic heterocycles. The number of methoxy groups -OCH3 is 1. The molecule has 2 N–H and O–H groups in total. The van der Waals surface area contributed by atoms with Crippen molar-refractivity contribution in [3.8, 4) is 6.08 Å². The topological polar surface area (TPSA) is 70.5 Å². The minimum Gasteiger partial charge on any atom is -0.447 e. The van der Waals surface area contributed by atoms with Crippen molar-refractivity contribution in [1.29, 1.82) is 0 Å². The minimum atomic E-state index is 0.142. The molecule has 1 saturated carbocycles. The molecule has 1 aromatic rings. The Bertz CT molecular complexity index is 327. The Kier molecular flexibility index (Phi) is 3.79. The fourth-order valence-corrected chi connectivity index (χ4v) is 2.00. The number of oxazole rings is 1. The molecule has 0 bridgehead atoms. The molecule has 16 heavy (non-hydrogen) atoms. The second kappa shape index (κ2) is 5.32. The first kappa shape index (κ1) is 11.4. The predicted octanol–water partition coefficient (Wildman–Crippen LogP) is 1.47. The van der Waals surface area contributed by atoms with Crippen molar-refractivity contribution in [3.05, 3.63) is 12.0 Å². The van der Waals surface area contributed by atoms with Crippen LogP contribution in [0.4, 0.5) is 0 Å². The maximum absolute atomic E-state index is 5.66. The third kappa shape index (κ3) is 2.74. The van der Waals surface area contributed by atoms with Gasteiger partial charge in [-0.1, -0.05) is 0 Å². The van der Waals surface area contributed by atoms with Crippen LogP contribution in [0.15, 0.2) is 10.7 Å². The SMILES string of the molecule is COC1CCCC(Oc2nc(CN)co2)C1. The van der Waals surface area contributed by atoms with Crippen molar-refractivity contribution in [2.75, 3.05) is 7.11 Å². The number of ether oxygens (including phenoxy) is 2. The van der Waals surface area contributed by atoms with Crippen molar-refractivity contribution in [3.63, 3.8) is 0 Å². The monoisotopic (exact) mass is 226 g/mol. The van der Waals surface area contributed by atoms with E-state index in [-0.39, 0.29) is 6.10 Å². The van der Waals surface area contributed by atoms with Gasteiger partial charge in [-0.15, -0.1) is 0 Å². The molecule has 1 aliphatic carbocycles. The molecular formula is C11H18N2O3. The fraction of sp³-hybridized carbons (Fsp3) is 0.727. The number of aromatic nitrogens is 1. The molecule has 0 radical (unpaired) electrons. The molecule has 5 heteroatoms. The van der Waals surface area contributed by atoms with Gasteiger partial charge in [0.1, 0.15) is 12.4 Å². The number of hydrogen-bond acceptors (Lipinski definition) is 5. The van der Waals surface area contributed by atoms with Gasteiger partial charge in [-0.25, -0.2) is 0 Å². The fourth-order valence-electron chi connectivity index (χ4n) is 2.00. The van der Waals surface area contributed by atoms with E-state index >= 15 is 0 Å². The van der Waals surface area contributed by atoms with Crippen LogP contribution in [0.3, 0.4) is 0 Å². The number of hydrogen-bond donors (Lipinski definition) is 1. The van der Waals surface area contributed by atoms with Gasteiger partial charge < -0.3 is 19.6 Å². The molecule has 2 rings (SSSR count). The molecule has 1 aliphatic rings. The van der Waals surface area contributed by atoms with Gasteiger partial charge >= 0.3 is 6.08 Å². The van der Waals surface area contributed by atoms with E-state index in [2.05, 4.69) is 4.98 Å². The van der Waals surface area contributed by atoms with Gasteiger partial charge in [-0.3, -0.25) is 0 Å². The lowest BCUT2D eigenvalue weighted by molar-refractivity contribution is 0.0111. The summed E-state index contributed by atoms with van der Waals surface area (Å²) in [5.41, 5.74) is 6.16. The van der Waals surface area contributed by atoms with E-state index < -0.39 is 0 Å². The molecule has 1 fully saturated rings. The molecule has 0 amide bonds. The molecule has 0 aromatic carbocycles. The Balaban J connectivity index is 1.88. The Labute approximate surface area is 94.9 Å². The Morgan fingerprint density at radius 1 is 1.50 bits per heavy atom. The van der Waals surface area contributed by atoms with Crippen molar-refractivity contribution in [2.45, 2.75) is 44.4 Å². The number of nitrogens with two attached hydrogens (primary N) is 1. The average Bonchev–Trinajstić information content (AvgIpc) is 2.77. The summed E-state index contributed by atoms with van der Waals surface area (Å²) in [6.45, 7) is 0.373. The van der Waals surface area contributed by atoms with Crippen molar-refractivity contribution in [1.82, 2.24) is 4.98 Å². The third-order valence-corrected chi connectivity index (χ3v) is 2.92. The van der Waals surface area contributed by atoms with Crippen LogP contribution in [0.5, 0.6) is 6.08 Å². The zero-order chi connectivity index (χ0) is 11.4. The molecule has 2 atom stereocenters. The molecule has 0 saturated heterocycles. The van der Waals surface area contributed by atoms with E-state index in [1.165, 1.54) is 6.26 Å². The molecule has 90 valence electrons. The normalized spacial score (nSPS) is 25.6. The molecule has 0 spiro atoms. The van der Waals surface area contributed by atoms with Crippen LogP contribution < -0.4 is 10.5 Å². The standard InChI is InChI=1S/C11H18N2O3/c1-14-9-3-2-4-10(5-9)16-11-13-8(6-12)7-15-11/h7,9-10H,2-6,12H2,1H3. The highest BCUT2D eigenvalue weighted by Crippen LogP contribution is 2.24. The highest BCUT2D eigenvalue weighted by Gasteiger charge is 2.24. The first-order valence-electron chi connectivity index (χ1n) is 5.65. The van der Waals surface area contributed by atoms with Gasteiger partial charge in [0.15, 0.2) is 0 Å². The first-order valence-corrected chi connectivity index (χ1v) is 5.65. The van der Waals surface area contributed by atoms with Crippen LogP contribution in [-0.2, 0) is 11.3 Å².